The Bertz CT molecular complexity index is 411. The van der Waals surface area contributed by atoms with Gasteiger partial charge in [-0.3, -0.25) is 4.79 Å². The van der Waals surface area contributed by atoms with Crippen molar-refractivity contribution in [2.24, 2.45) is 0 Å². The highest BCUT2D eigenvalue weighted by molar-refractivity contribution is 6.31. The van der Waals surface area contributed by atoms with Crippen LogP contribution in [0.4, 0.5) is 0 Å². The number of esters is 1. The zero-order valence-corrected chi connectivity index (χ0v) is 12.0. The van der Waals surface area contributed by atoms with Crippen molar-refractivity contribution in [1.29, 1.82) is 0 Å². The van der Waals surface area contributed by atoms with E-state index < -0.39 is 6.10 Å². The highest BCUT2D eigenvalue weighted by Gasteiger charge is 2.14. The predicted octanol–water partition coefficient (Wildman–Crippen LogP) is 2.30. The van der Waals surface area contributed by atoms with Gasteiger partial charge in [-0.25, -0.2) is 0 Å². The van der Waals surface area contributed by atoms with Crippen molar-refractivity contribution in [1.82, 2.24) is 5.32 Å². The van der Waals surface area contributed by atoms with Crippen LogP contribution in [-0.4, -0.2) is 30.3 Å². The van der Waals surface area contributed by atoms with Crippen molar-refractivity contribution in [3.05, 3.63) is 34.9 Å². The second kappa shape index (κ2) is 8.15. The van der Waals surface area contributed by atoms with Crippen molar-refractivity contribution in [3.63, 3.8) is 0 Å². The fourth-order valence-electron chi connectivity index (χ4n) is 1.73. The maximum Gasteiger partial charge on any atom is 0.308 e. The number of aliphatic hydroxyl groups excluding tert-OH is 1. The molecule has 1 aromatic rings. The van der Waals surface area contributed by atoms with Gasteiger partial charge < -0.3 is 15.2 Å². The number of halogens is 1. The Labute approximate surface area is 118 Å². The second-order valence-corrected chi connectivity index (χ2v) is 4.72. The van der Waals surface area contributed by atoms with E-state index >= 15 is 0 Å². The van der Waals surface area contributed by atoms with Crippen LogP contribution in [0.3, 0.4) is 0 Å². The van der Waals surface area contributed by atoms with Gasteiger partial charge in [0.2, 0.25) is 0 Å². The summed E-state index contributed by atoms with van der Waals surface area (Å²) in [5.41, 5.74) is 0.965. The summed E-state index contributed by atoms with van der Waals surface area (Å²) < 4.78 is 4.78. The predicted molar refractivity (Wildman–Crippen MR) is 75.1 cm³/mol. The molecule has 0 bridgehead atoms. The van der Waals surface area contributed by atoms with E-state index in [-0.39, 0.29) is 18.4 Å². The summed E-state index contributed by atoms with van der Waals surface area (Å²) in [6.07, 6.45) is -0.764. The van der Waals surface area contributed by atoms with E-state index in [1.165, 1.54) is 0 Å². The molecule has 0 aliphatic heterocycles. The molecule has 0 radical (unpaired) electrons. The van der Waals surface area contributed by atoms with Crippen LogP contribution >= 0.6 is 11.6 Å². The number of ether oxygens (including phenoxy) is 1. The van der Waals surface area contributed by atoms with Crippen molar-refractivity contribution >= 4 is 17.6 Å². The first-order valence-electron chi connectivity index (χ1n) is 6.36. The van der Waals surface area contributed by atoms with Crippen LogP contribution in [0.1, 0.15) is 31.9 Å². The number of nitrogens with one attached hydrogen (secondary N) is 1. The fraction of sp³-hybridized carbons (Fsp3) is 0.500. The molecular formula is C14H20ClNO3. The van der Waals surface area contributed by atoms with Gasteiger partial charge in [-0.15, -0.1) is 0 Å². The van der Waals surface area contributed by atoms with Crippen LogP contribution in [0.5, 0.6) is 0 Å². The number of aliphatic hydroxyl groups is 1. The molecule has 5 heteroatoms. The summed E-state index contributed by atoms with van der Waals surface area (Å²) in [6, 6.07) is 7.54. The summed E-state index contributed by atoms with van der Waals surface area (Å²) in [6.45, 7) is 4.33. The number of rotatable bonds is 7. The van der Waals surface area contributed by atoms with Gasteiger partial charge in [0.05, 0.1) is 19.1 Å². The minimum Gasteiger partial charge on any atom is -0.466 e. The lowest BCUT2D eigenvalue weighted by Gasteiger charge is -2.18. The Morgan fingerprint density at radius 2 is 2.16 bits per heavy atom. The summed E-state index contributed by atoms with van der Waals surface area (Å²) in [5, 5.41) is 13.5. The summed E-state index contributed by atoms with van der Waals surface area (Å²) in [5.74, 6) is -0.387. The summed E-state index contributed by atoms with van der Waals surface area (Å²) in [7, 11) is 0. The molecule has 0 aliphatic carbocycles. The monoisotopic (exact) mass is 285 g/mol. The minimum atomic E-state index is -0.760. The number of carbonyl (C=O) groups is 1. The molecule has 1 rings (SSSR count). The topological polar surface area (TPSA) is 58.6 Å². The van der Waals surface area contributed by atoms with Crippen molar-refractivity contribution in [2.45, 2.75) is 32.4 Å². The Balaban J connectivity index is 2.40. The molecule has 2 atom stereocenters. The van der Waals surface area contributed by atoms with Crippen molar-refractivity contribution in [2.75, 3.05) is 13.2 Å². The van der Waals surface area contributed by atoms with Crippen LogP contribution in [0, 0.1) is 0 Å². The molecule has 0 aromatic heterocycles. The molecule has 0 saturated heterocycles. The Kier molecular flexibility index (Phi) is 6.84. The first-order chi connectivity index (χ1) is 9.04. The minimum absolute atomic E-state index is 0.00389. The van der Waals surface area contributed by atoms with Gasteiger partial charge in [0, 0.05) is 17.6 Å². The molecule has 2 N–H and O–H groups in total. The van der Waals surface area contributed by atoms with Gasteiger partial charge in [-0.1, -0.05) is 29.8 Å². The van der Waals surface area contributed by atoms with Crippen molar-refractivity contribution in [3.8, 4) is 0 Å². The smallest absolute Gasteiger partial charge is 0.308 e. The van der Waals surface area contributed by atoms with E-state index in [1.54, 1.807) is 6.92 Å². The molecule has 0 aliphatic rings. The zero-order chi connectivity index (χ0) is 14.3. The third-order valence-corrected chi connectivity index (χ3v) is 3.08. The zero-order valence-electron chi connectivity index (χ0n) is 11.2. The number of hydrogen-bond donors (Lipinski definition) is 2. The maximum atomic E-state index is 11.2. The second-order valence-electron chi connectivity index (χ2n) is 4.31. The number of benzene rings is 1. The normalized spacial score (nSPS) is 13.9. The maximum absolute atomic E-state index is 11.2. The SMILES string of the molecule is CCOC(=O)CC(O)CN[C@@H](C)c1ccccc1Cl. The van der Waals surface area contributed by atoms with Crippen LogP contribution in [0.2, 0.25) is 5.02 Å². The average molecular weight is 286 g/mol. The van der Waals surface area contributed by atoms with E-state index in [0.29, 0.717) is 18.2 Å². The van der Waals surface area contributed by atoms with Gasteiger partial charge in [0.25, 0.3) is 0 Å². The van der Waals surface area contributed by atoms with E-state index in [4.69, 9.17) is 16.3 Å². The molecule has 4 nitrogen and oxygen atoms in total. The van der Waals surface area contributed by atoms with Crippen LogP contribution in [0.15, 0.2) is 24.3 Å². The third-order valence-electron chi connectivity index (χ3n) is 2.74. The molecule has 0 saturated carbocycles. The van der Waals surface area contributed by atoms with Gasteiger partial charge in [0.15, 0.2) is 0 Å². The molecule has 0 amide bonds. The molecule has 0 spiro atoms. The number of hydrogen-bond acceptors (Lipinski definition) is 4. The molecular weight excluding hydrogens is 266 g/mol. The highest BCUT2D eigenvalue weighted by atomic mass is 35.5. The van der Waals surface area contributed by atoms with Gasteiger partial charge >= 0.3 is 5.97 Å². The molecule has 0 fully saturated rings. The van der Waals surface area contributed by atoms with Crippen LogP contribution in [-0.2, 0) is 9.53 Å². The molecule has 19 heavy (non-hydrogen) atoms. The molecule has 1 aromatic carbocycles. The Hall–Kier alpha value is -1.10. The first kappa shape index (κ1) is 16.0. The molecule has 106 valence electrons. The standard InChI is InChI=1S/C14H20ClNO3/c1-3-19-14(18)8-11(17)9-16-10(2)12-6-4-5-7-13(12)15/h4-7,10-11,16-17H,3,8-9H2,1-2H3/t10-,11?/m0/s1. The van der Waals surface area contributed by atoms with E-state index in [1.807, 2.05) is 31.2 Å². The average Bonchev–Trinajstić information content (AvgIpc) is 2.36. The lowest BCUT2D eigenvalue weighted by Crippen LogP contribution is -2.31. The van der Waals surface area contributed by atoms with Gasteiger partial charge in [-0.05, 0) is 25.5 Å². The van der Waals surface area contributed by atoms with E-state index in [9.17, 15) is 9.90 Å². The summed E-state index contributed by atoms with van der Waals surface area (Å²) in [4.78, 5) is 11.2. The molecule has 0 heterocycles. The van der Waals surface area contributed by atoms with Crippen molar-refractivity contribution < 1.29 is 14.6 Å². The lowest BCUT2D eigenvalue weighted by molar-refractivity contribution is -0.145. The van der Waals surface area contributed by atoms with Gasteiger partial charge in [-0.2, -0.15) is 0 Å². The third kappa shape index (κ3) is 5.59. The Morgan fingerprint density at radius 1 is 1.47 bits per heavy atom. The first-order valence-corrected chi connectivity index (χ1v) is 6.73. The highest BCUT2D eigenvalue weighted by Crippen LogP contribution is 2.21. The fourth-order valence-corrected chi connectivity index (χ4v) is 2.03. The van der Waals surface area contributed by atoms with E-state index in [0.717, 1.165) is 5.56 Å². The van der Waals surface area contributed by atoms with Crippen LogP contribution < -0.4 is 5.32 Å². The quantitative estimate of drug-likeness (QED) is 0.755. The Morgan fingerprint density at radius 3 is 2.79 bits per heavy atom. The lowest BCUT2D eigenvalue weighted by atomic mass is 10.1. The van der Waals surface area contributed by atoms with Gasteiger partial charge in [0.1, 0.15) is 0 Å². The largest absolute Gasteiger partial charge is 0.466 e. The number of carbonyl (C=O) groups excluding carboxylic acids is 1. The summed E-state index contributed by atoms with van der Waals surface area (Å²) >= 11 is 6.08. The van der Waals surface area contributed by atoms with Crippen LogP contribution in [0.25, 0.3) is 0 Å². The molecule has 1 unspecified atom stereocenters. The van der Waals surface area contributed by atoms with E-state index in [2.05, 4.69) is 5.32 Å².